The first-order valence-electron chi connectivity index (χ1n) is 9.07. The Morgan fingerprint density at radius 3 is 2.73 bits per heavy atom. The van der Waals surface area contributed by atoms with Gasteiger partial charge in [0.15, 0.2) is 5.82 Å². The summed E-state index contributed by atoms with van der Waals surface area (Å²) in [5, 5.41) is 15.1. The minimum atomic E-state index is -1.56. The largest absolute Gasteiger partial charge is 0.345 e. The van der Waals surface area contributed by atoms with E-state index in [1.807, 2.05) is 6.92 Å². The Balaban J connectivity index is 2.07. The zero-order valence-corrected chi connectivity index (χ0v) is 16.8. The van der Waals surface area contributed by atoms with Crippen molar-refractivity contribution in [3.63, 3.8) is 0 Å². The lowest BCUT2D eigenvalue weighted by molar-refractivity contribution is 0.103. The molecule has 0 aliphatic heterocycles. The summed E-state index contributed by atoms with van der Waals surface area (Å²) in [6, 6.07) is 3.60. The van der Waals surface area contributed by atoms with Gasteiger partial charge >= 0.3 is 0 Å². The topological polar surface area (TPSA) is 123 Å². The third-order valence-electron chi connectivity index (χ3n) is 4.47. The number of carbonyl (C=O) groups excluding carboxylic acids is 1. The first kappa shape index (κ1) is 21.4. The summed E-state index contributed by atoms with van der Waals surface area (Å²) in [6.45, 7) is 1.82. The molecule has 0 fully saturated rings. The van der Waals surface area contributed by atoms with E-state index in [0.717, 1.165) is 24.6 Å². The number of fused-ring (bicyclic) bond motifs is 1. The molecule has 30 heavy (non-hydrogen) atoms. The van der Waals surface area contributed by atoms with Crippen LogP contribution in [0.15, 0.2) is 30.6 Å². The van der Waals surface area contributed by atoms with Crippen molar-refractivity contribution in [1.29, 1.82) is 10.8 Å². The van der Waals surface area contributed by atoms with Crippen molar-refractivity contribution in [3.8, 4) is 0 Å². The van der Waals surface area contributed by atoms with Crippen molar-refractivity contribution >= 4 is 45.9 Å². The molecule has 3 aromatic rings. The van der Waals surface area contributed by atoms with Crippen LogP contribution in [0.25, 0.3) is 11.0 Å². The van der Waals surface area contributed by atoms with Crippen molar-refractivity contribution in [2.45, 2.75) is 19.3 Å². The van der Waals surface area contributed by atoms with Gasteiger partial charge in [-0.3, -0.25) is 4.79 Å². The summed E-state index contributed by atoms with van der Waals surface area (Å²) in [5.41, 5.74) is -0.173. The molecule has 0 aliphatic carbocycles. The summed E-state index contributed by atoms with van der Waals surface area (Å²) in [5.74, 6) is -3.42. The zero-order chi connectivity index (χ0) is 21.8. The monoisotopic (exact) mass is 431 g/mol. The van der Waals surface area contributed by atoms with Crippen LogP contribution in [0, 0.1) is 22.5 Å². The second-order valence-electron chi connectivity index (χ2n) is 6.49. The van der Waals surface area contributed by atoms with Gasteiger partial charge in [0.05, 0.1) is 17.2 Å². The van der Waals surface area contributed by atoms with Gasteiger partial charge in [-0.2, -0.15) is 0 Å². The molecule has 156 valence electrons. The standard InChI is InChI=1S/C20H19F2N5O2S/c1-2-5-30(29)27-16-4-3-15(21)17(18(16)22)19(28)14-10-26-20-13(14)6-11(9-25-20)12(7-23)8-24/h3-4,6-10,12,23-24,27H,2,5H2,1H3,(H,25,26). The summed E-state index contributed by atoms with van der Waals surface area (Å²) >= 11 is 0. The van der Waals surface area contributed by atoms with Crippen LogP contribution in [0.4, 0.5) is 14.5 Å². The number of nitrogens with one attached hydrogen (secondary N) is 4. The molecule has 3 rings (SSSR count). The van der Waals surface area contributed by atoms with Gasteiger partial charge in [-0.15, -0.1) is 0 Å². The van der Waals surface area contributed by atoms with Crippen LogP contribution < -0.4 is 4.72 Å². The summed E-state index contributed by atoms with van der Waals surface area (Å²) < 4.78 is 43.7. The van der Waals surface area contributed by atoms with Gasteiger partial charge in [0.1, 0.15) is 22.5 Å². The lowest BCUT2D eigenvalue weighted by atomic mass is 9.98. The molecule has 10 heteroatoms. The van der Waals surface area contributed by atoms with Gasteiger partial charge in [-0.1, -0.05) is 6.92 Å². The van der Waals surface area contributed by atoms with Crippen LogP contribution in [-0.4, -0.2) is 38.1 Å². The average Bonchev–Trinajstić information content (AvgIpc) is 3.15. The smallest absolute Gasteiger partial charge is 0.201 e. The molecule has 1 atom stereocenters. The Hall–Kier alpha value is -3.27. The summed E-state index contributed by atoms with van der Waals surface area (Å²) in [6.07, 6.45) is 5.47. The Bertz CT molecular complexity index is 1150. The van der Waals surface area contributed by atoms with E-state index in [1.165, 1.54) is 12.4 Å². The molecule has 0 amide bonds. The molecular formula is C20H19F2N5O2S. The Kier molecular flexibility index (Phi) is 6.46. The Morgan fingerprint density at radius 2 is 2.07 bits per heavy atom. The number of anilines is 1. The van der Waals surface area contributed by atoms with Crippen LogP contribution in [0.3, 0.4) is 0 Å². The van der Waals surface area contributed by atoms with Crippen molar-refractivity contribution < 1.29 is 17.8 Å². The summed E-state index contributed by atoms with van der Waals surface area (Å²) in [4.78, 5) is 20.0. The van der Waals surface area contributed by atoms with E-state index in [1.54, 1.807) is 6.07 Å². The number of hydrogen-bond acceptors (Lipinski definition) is 5. The van der Waals surface area contributed by atoms with Gasteiger partial charge in [0.25, 0.3) is 0 Å². The van der Waals surface area contributed by atoms with Crippen molar-refractivity contribution in [1.82, 2.24) is 9.97 Å². The predicted molar refractivity (Wildman–Crippen MR) is 113 cm³/mol. The number of rotatable bonds is 9. The number of aromatic amines is 1. The third kappa shape index (κ3) is 4.04. The highest BCUT2D eigenvalue weighted by Gasteiger charge is 2.25. The number of carbonyl (C=O) groups is 1. The maximum Gasteiger partial charge on any atom is 0.201 e. The normalized spacial score (nSPS) is 13.0. The van der Waals surface area contributed by atoms with E-state index in [2.05, 4.69) is 14.7 Å². The number of ketones is 1. The molecule has 0 saturated heterocycles. The lowest BCUT2D eigenvalue weighted by Gasteiger charge is -2.11. The minimum absolute atomic E-state index is 0.00214. The molecule has 2 heterocycles. The fourth-order valence-electron chi connectivity index (χ4n) is 2.96. The third-order valence-corrected chi connectivity index (χ3v) is 5.70. The number of aromatic nitrogens is 2. The van der Waals surface area contributed by atoms with E-state index >= 15 is 0 Å². The first-order chi connectivity index (χ1) is 14.4. The van der Waals surface area contributed by atoms with E-state index in [0.29, 0.717) is 23.0 Å². The molecule has 4 N–H and O–H groups in total. The second-order valence-corrected chi connectivity index (χ2v) is 7.79. The number of H-pyrrole nitrogens is 1. The first-order valence-corrected chi connectivity index (χ1v) is 10.4. The summed E-state index contributed by atoms with van der Waals surface area (Å²) in [7, 11) is -1.56. The van der Waals surface area contributed by atoms with E-state index < -0.39 is 39.9 Å². The number of benzene rings is 1. The molecule has 0 saturated carbocycles. The quantitative estimate of drug-likeness (QED) is 0.303. The van der Waals surface area contributed by atoms with Crippen LogP contribution in [0.1, 0.15) is 40.7 Å². The molecule has 7 nitrogen and oxygen atoms in total. The molecule has 1 aromatic carbocycles. The molecular weight excluding hydrogens is 412 g/mol. The highest BCUT2D eigenvalue weighted by molar-refractivity contribution is 7.86. The Labute approximate surface area is 173 Å². The predicted octanol–water partition coefficient (Wildman–Crippen LogP) is 3.94. The fraction of sp³-hybridized carbons (Fsp3) is 0.200. The van der Waals surface area contributed by atoms with Gasteiger partial charge in [0, 0.05) is 41.5 Å². The van der Waals surface area contributed by atoms with Crippen molar-refractivity contribution in [2.24, 2.45) is 0 Å². The van der Waals surface area contributed by atoms with Gasteiger partial charge in [-0.05, 0) is 30.2 Å². The highest BCUT2D eigenvalue weighted by atomic mass is 32.2. The highest BCUT2D eigenvalue weighted by Crippen LogP contribution is 2.28. The van der Waals surface area contributed by atoms with Crippen LogP contribution in [-0.2, 0) is 11.0 Å². The number of pyridine rings is 1. The number of hydrogen-bond donors (Lipinski definition) is 4. The Morgan fingerprint density at radius 1 is 1.33 bits per heavy atom. The molecule has 0 spiro atoms. The molecule has 1 unspecified atom stereocenters. The van der Waals surface area contributed by atoms with Crippen LogP contribution >= 0.6 is 0 Å². The van der Waals surface area contributed by atoms with E-state index in [-0.39, 0.29) is 17.0 Å². The molecule has 0 aliphatic rings. The van der Waals surface area contributed by atoms with Gasteiger partial charge in [-0.25, -0.2) is 18.0 Å². The molecule has 2 aromatic heterocycles. The van der Waals surface area contributed by atoms with Crippen LogP contribution in [0.5, 0.6) is 0 Å². The number of halogens is 2. The van der Waals surface area contributed by atoms with Gasteiger partial charge < -0.3 is 20.5 Å². The zero-order valence-electron chi connectivity index (χ0n) is 16.0. The van der Waals surface area contributed by atoms with Crippen molar-refractivity contribution in [3.05, 3.63) is 58.9 Å². The van der Waals surface area contributed by atoms with E-state index in [9.17, 15) is 17.8 Å². The maximum absolute atomic E-state index is 14.9. The van der Waals surface area contributed by atoms with Crippen molar-refractivity contribution in [2.75, 3.05) is 10.5 Å². The maximum atomic E-state index is 14.9. The SMILES string of the molecule is CCCS(=O)Nc1ccc(F)c(C(=O)c2c[nH]c3ncc(C(C=N)C=N)cc23)c1F. The lowest BCUT2D eigenvalue weighted by Crippen LogP contribution is -2.13. The molecule has 0 bridgehead atoms. The fourth-order valence-corrected chi connectivity index (χ4v) is 3.84. The minimum Gasteiger partial charge on any atom is -0.345 e. The van der Waals surface area contributed by atoms with Crippen LogP contribution in [0.2, 0.25) is 0 Å². The molecule has 0 radical (unpaired) electrons. The van der Waals surface area contributed by atoms with E-state index in [4.69, 9.17) is 10.8 Å². The number of nitrogens with zero attached hydrogens (tertiary/aromatic N) is 1. The van der Waals surface area contributed by atoms with Gasteiger partial charge in [0.2, 0.25) is 5.78 Å². The second kappa shape index (κ2) is 9.04. The average molecular weight is 431 g/mol.